The van der Waals surface area contributed by atoms with Crippen LogP contribution in [0.15, 0.2) is 45.3 Å². The van der Waals surface area contributed by atoms with Crippen molar-refractivity contribution in [2.24, 2.45) is 5.73 Å². The monoisotopic (exact) mass is 401 g/mol. The first kappa shape index (κ1) is 15.5. The zero-order chi connectivity index (χ0) is 14.7. The molecule has 2 aromatic carbocycles. The molecule has 5 heteroatoms. The van der Waals surface area contributed by atoms with Crippen molar-refractivity contribution in [2.75, 3.05) is 6.61 Å². The van der Waals surface area contributed by atoms with Crippen LogP contribution in [0, 0.1) is 5.82 Å². The van der Waals surface area contributed by atoms with Gasteiger partial charge in [-0.25, -0.2) is 4.39 Å². The third-order valence-electron chi connectivity index (χ3n) is 2.93. The summed E-state index contributed by atoms with van der Waals surface area (Å²) in [5.74, 6) is 0.424. The van der Waals surface area contributed by atoms with Crippen LogP contribution in [0.4, 0.5) is 4.39 Å². The summed E-state index contributed by atoms with van der Waals surface area (Å²) in [6.07, 6.45) is 0. The number of halogens is 3. The molecule has 2 rings (SSSR count). The summed E-state index contributed by atoms with van der Waals surface area (Å²) >= 11 is 6.79. The summed E-state index contributed by atoms with van der Waals surface area (Å²) in [7, 11) is 0. The smallest absolute Gasteiger partial charge is 0.133 e. The first-order valence-electron chi connectivity index (χ1n) is 6.16. The minimum atomic E-state index is -0.544. The Labute approximate surface area is 134 Å². The third kappa shape index (κ3) is 3.22. The van der Waals surface area contributed by atoms with Crippen molar-refractivity contribution in [3.63, 3.8) is 0 Å². The van der Waals surface area contributed by atoms with Crippen LogP contribution >= 0.6 is 31.9 Å². The van der Waals surface area contributed by atoms with Crippen molar-refractivity contribution in [1.82, 2.24) is 0 Å². The van der Waals surface area contributed by atoms with Crippen LogP contribution in [0.3, 0.4) is 0 Å². The zero-order valence-electron chi connectivity index (χ0n) is 10.9. The van der Waals surface area contributed by atoms with Gasteiger partial charge in [-0.3, -0.25) is 0 Å². The van der Waals surface area contributed by atoms with E-state index in [-0.39, 0.29) is 5.82 Å². The Hall–Kier alpha value is -0.910. The van der Waals surface area contributed by atoms with E-state index in [9.17, 15) is 4.39 Å². The van der Waals surface area contributed by atoms with Gasteiger partial charge >= 0.3 is 0 Å². The van der Waals surface area contributed by atoms with Gasteiger partial charge in [-0.1, -0.05) is 28.1 Å². The van der Waals surface area contributed by atoms with Gasteiger partial charge in [-0.15, -0.1) is 0 Å². The molecule has 106 valence electrons. The van der Waals surface area contributed by atoms with E-state index in [0.717, 1.165) is 15.8 Å². The van der Waals surface area contributed by atoms with Gasteiger partial charge in [-0.05, 0) is 52.7 Å². The van der Waals surface area contributed by atoms with E-state index in [4.69, 9.17) is 10.5 Å². The molecule has 0 heterocycles. The van der Waals surface area contributed by atoms with Crippen molar-refractivity contribution >= 4 is 31.9 Å². The van der Waals surface area contributed by atoms with E-state index in [1.807, 2.05) is 25.1 Å². The van der Waals surface area contributed by atoms with Crippen LogP contribution in [-0.4, -0.2) is 6.61 Å². The second-order valence-electron chi connectivity index (χ2n) is 4.24. The molecule has 0 amide bonds. The lowest BCUT2D eigenvalue weighted by atomic mass is 9.99. The molecule has 0 fully saturated rings. The topological polar surface area (TPSA) is 35.2 Å². The summed E-state index contributed by atoms with van der Waals surface area (Å²) in [4.78, 5) is 0. The highest BCUT2D eigenvalue weighted by molar-refractivity contribution is 9.10. The Morgan fingerprint density at radius 2 is 1.95 bits per heavy atom. The van der Waals surface area contributed by atoms with Crippen molar-refractivity contribution in [2.45, 2.75) is 13.0 Å². The zero-order valence-corrected chi connectivity index (χ0v) is 14.0. The summed E-state index contributed by atoms with van der Waals surface area (Å²) in [5.41, 5.74) is 7.44. The second kappa shape index (κ2) is 6.70. The summed E-state index contributed by atoms with van der Waals surface area (Å²) in [6, 6.07) is 9.82. The third-order valence-corrected chi connectivity index (χ3v) is 4.24. The second-order valence-corrected chi connectivity index (χ2v) is 5.94. The van der Waals surface area contributed by atoms with E-state index in [2.05, 4.69) is 31.9 Å². The summed E-state index contributed by atoms with van der Waals surface area (Å²) in [5, 5.41) is 0. The standard InChI is InChI=1S/C15H14Br2FNO/c1-2-20-13-7-6-9(8-11(13)17)15(19)14-10(16)4-3-5-12(14)18/h3-8,15H,2,19H2,1H3. The fourth-order valence-corrected chi connectivity index (χ4v) is 3.06. The van der Waals surface area contributed by atoms with Crippen LogP contribution in [-0.2, 0) is 0 Å². The maximum absolute atomic E-state index is 13.9. The normalized spacial score (nSPS) is 12.2. The van der Waals surface area contributed by atoms with Gasteiger partial charge < -0.3 is 10.5 Å². The molecule has 0 spiro atoms. The molecule has 1 atom stereocenters. The predicted molar refractivity (Wildman–Crippen MR) is 85.4 cm³/mol. The number of ether oxygens (including phenoxy) is 1. The van der Waals surface area contributed by atoms with Gasteiger partial charge in [0.1, 0.15) is 11.6 Å². The molecular formula is C15H14Br2FNO. The van der Waals surface area contributed by atoms with Crippen LogP contribution in [0.5, 0.6) is 5.75 Å². The lowest BCUT2D eigenvalue weighted by Gasteiger charge is -2.16. The maximum atomic E-state index is 13.9. The van der Waals surface area contributed by atoms with Crippen molar-refractivity contribution in [3.8, 4) is 5.75 Å². The van der Waals surface area contributed by atoms with Crippen molar-refractivity contribution in [1.29, 1.82) is 0 Å². The Bertz CT molecular complexity index is 599. The van der Waals surface area contributed by atoms with Crippen LogP contribution in [0.1, 0.15) is 24.1 Å². The minimum absolute atomic E-state index is 0.322. The highest BCUT2D eigenvalue weighted by Crippen LogP contribution is 2.33. The minimum Gasteiger partial charge on any atom is -0.493 e. The van der Waals surface area contributed by atoms with E-state index < -0.39 is 6.04 Å². The van der Waals surface area contributed by atoms with Gasteiger partial charge in [-0.2, -0.15) is 0 Å². The maximum Gasteiger partial charge on any atom is 0.133 e. The van der Waals surface area contributed by atoms with Crippen LogP contribution in [0.2, 0.25) is 0 Å². The Kier molecular flexibility index (Phi) is 5.18. The molecule has 0 bridgehead atoms. The molecule has 0 aliphatic rings. The largest absolute Gasteiger partial charge is 0.493 e. The van der Waals surface area contributed by atoms with Gasteiger partial charge in [0.2, 0.25) is 0 Å². The molecule has 1 unspecified atom stereocenters. The predicted octanol–water partition coefficient (Wildman–Crippen LogP) is 4.80. The summed E-state index contributed by atoms with van der Waals surface area (Å²) in [6.45, 7) is 2.51. The van der Waals surface area contributed by atoms with Crippen molar-refractivity contribution in [3.05, 3.63) is 62.3 Å². The van der Waals surface area contributed by atoms with Crippen LogP contribution in [0.25, 0.3) is 0 Å². The molecule has 0 radical (unpaired) electrons. The number of hydrogen-bond donors (Lipinski definition) is 1. The first-order chi connectivity index (χ1) is 9.54. The SMILES string of the molecule is CCOc1ccc(C(N)c2c(F)cccc2Br)cc1Br. The van der Waals surface area contributed by atoms with Gasteiger partial charge in [0.25, 0.3) is 0 Å². The first-order valence-corrected chi connectivity index (χ1v) is 7.75. The molecule has 20 heavy (non-hydrogen) atoms. The van der Waals surface area contributed by atoms with Gasteiger partial charge in [0.05, 0.1) is 17.1 Å². The molecule has 0 saturated carbocycles. The quantitative estimate of drug-likeness (QED) is 0.797. The van der Waals surface area contributed by atoms with Gasteiger partial charge in [0.15, 0.2) is 0 Å². The number of benzene rings is 2. The average Bonchev–Trinajstić information content (AvgIpc) is 2.41. The highest BCUT2D eigenvalue weighted by atomic mass is 79.9. The summed E-state index contributed by atoms with van der Waals surface area (Å²) < 4.78 is 20.9. The van der Waals surface area contributed by atoms with Gasteiger partial charge in [0, 0.05) is 10.0 Å². The molecule has 0 saturated heterocycles. The Morgan fingerprint density at radius 3 is 2.55 bits per heavy atom. The molecular weight excluding hydrogens is 389 g/mol. The molecule has 0 aliphatic carbocycles. The lowest BCUT2D eigenvalue weighted by molar-refractivity contribution is 0.338. The fourth-order valence-electron chi connectivity index (χ4n) is 1.96. The van der Waals surface area contributed by atoms with E-state index in [1.165, 1.54) is 6.07 Å². The Morgan fingerprint density at radius 1 is 1.20 bits per heavy atom. The fraction of sp³-hybridized carbons (Fsp3) is 0.200. The molecule has 0 aromatic heterocycles. The molecule has 2 nitrogen and oxygen atoms in total. The lowest BCUT2D eigenvalue weighted by Crippen LogP contribution is -2.14. The Balaban J connectivity index is 2.39. The van der Waals surface area contributed by atoms with Crippen molar-refractivity contribution < 1.29 is 9.13 Å². The molecule has 2 N–H and O–H groups in total. The molecule has 2 aromatic rings. The number of hydrogen-bond acceptors (Lipinski definition) is 2. The molecule has 0 aliphatic heterocycles. The number of nitrogens with two attached hydrogens (primary N) is 1. The van der Waals surface area contributed by atoms with E-state index in [0.29, 0.717) is 16.6 Å². The number of rotatable bonds is 4. The highest BCUT2D eigenvalue weighted by Gasteiger charge is 2.17. The average molecular weight is 403 g/mol. The van der Waals surface area contributed by atoms with E-state index in [1.54, 1.807) is 12.1 Å². The van der Waals surface area contributed by atoms with E-state index >= 15 is 0 Å². The van der Waals surface area contributed by atoms with Crippen LogP contribution < -0.4 is 10.5 Å².